The van der Waals surface area contributed by atoms with Crippen molar-refractivity contribution in [2.45, 2.75) is 13.8 Å². The van der Waals surface area contributed by atoms with Crippen molar-refractivity contribution in [2.24, 2.45) is 5.92 Å². The third-order valence-corrected chi connectivity index (χ3v) is 2.29. The van der Waals surface area contributed by atoms with E-state index in [2.05, 4.69) is 29.2 Å². The van der Waals surface area contributed by atoms with Crippen molar-refractivity contribution in [3.05, 3.63) is 24.3 Å². The van der Waals surface area contributed by atoms with Crippen LogP contribution in [-0.4, -0.2) is 28.7 Å². The average molecular weight is 204 g/mol. The molecule has 0 aliphatic carbocycles. The monoisotopic (exact) mass is 204 g/mol. The second kappa shape index (κ2) is 3.88. The zero-order valence-corrected chi connectivity index (χ0v) is 9.38. The largest absolute Gasteiger partial charge is 0.298 e. The average Bonchev–Trinajstić information content (AvgIpc) is 2.59. The van der Waals surface area contributed by atoms with Gasteiger partial charge in [-0.05, 0) is 23.3 Å². The summed E-state index contributed by atoms with van der Waals surface area (Å²) in [5.41, 5.74) is 1.99. The fourth-order valence-corrected chi connectivity index (χ4v) is 1.71. The van der Waals surface area contributed by atoms with Gasteiger partial charge in [0.15, 0.2) is 0 Å². The van der Waals surface area contributed by atoms with Crippen LogP contribution >= 0.6 is 0 Å². The Morgan fingerprint density at radius 1 is 1.33 bits per heavy atom. The van der Waals surface area contributed by atoms with Crippen molar-refractivity contribution < 1.29 is 0 Å². The molecule has 1 aromatic carbocycles. The van der Waals surface area contributed by atoms with Gasteiger partial charge < -0.3 is 0 Å². The molecule has 1 heterocycles. The molecule has 0 N–H and O–H groups in total. The molecule has 0 saturated carbocycles. The van der Waals surface area contributed by atoms with Gasteiger partial charge in [-0.25, -0.2) is 0 Å². The molecule has 0 fully saturated rings. The Labute approximate surface area is 89.5 Å². The zero-order valence-electron chi connectivity index (χ0n) is 9.38. The molecule has 0 aliphatic heterocycles. The number of fused-ring (bicyclic) bond motifs is 1. The van der Waals surface area contributed by atoms with Gasteiger partial charge in [-0.1, -0.05) is 26.0 Å². The summed E-state index contributed by atoms with van der Waals surface area (Å²) >= 11 is 0. The van der Waals surface area contributed by atoms with E-state index in [9.17, 15) is 0 Å². The van der Waals surface area contributed by atoms with Crippen LogP contribution in [0.25, 0.3) is 11.0 Å². The van der Waals surface area contributed by atoms with E-state index in [0.29, 0.717) is 5.92 Å². The maximum Gasteiger partial charge on any atom is 0.115 e. The predicted octanol–water partition coefficient (Wildman–Crippen LogP) is 1.66. The summed E-state index contributed by atoms with van der Waals surface area (Å²) < 4.78 is 0. The fourth-order valence-electron chi connectivity index (χ4n) is 1.71. The SMILES string of the molecule is CC(C)CN(C)n1nnc2ccccc21. The molecule has 15 heavy (non-hydrogen) atoms. The third kappa shape index (κ3) is 1.93. The van der Waals surface area contributed by atoms with Crippen molar-refractivity contribution in [3.8, 4) is 0 Å². The van der Waals surface area contributed by atoms with Crippen LogP contribution in [-0.2, 0) is 0 Å². The number of hydrogen-bond donors (Lipinski definition) is 0. The van der Waals surface area contributed by atoms with Crippen molar-refractivity contribution in [1.82, 2.24) is 15.1 Å². The summed E-state index contributed by atoms with van der Waals surface area (Å²) in [6.07, 6.45) is 0. The first-order valence-electron chi connectivity index (χ1n) is 5.20. The molecule has 0 aliphatic rings. The summed E-state index contributed by atoms with van der Waals surface area (Å²) in [6.45, 7) is 5.35. The highest BCUT2D eigenvalue weighted by Crippen LogP contribution is 2.10. The van der Waals surface area contributed by atoms with E-state index in [0.717, 1.165) is 17.6 Å². The lowest BCUT2D eigenvalue weighted by Gasteiger charge is -2.20. The lowest BCUT2D eigenvalue weighted by atomic mass is 10.2. The van der Waals surface area contributed by atoms with Crippen LogP contribution in [0.15, 0.2) is 24.3 Å². The Morgan fingerprint density at radius 3 is 2.80 bits per heavy atom. The van der Waals surface area contributed by atoms with E-state index < -0.39 is 0 Å². The minimum absolute atomic E-state index is 0.609. The van der Waals surface area contributed by atoms with Crippen molar-refractivity contribution in [3.63, 3.8) is 0 Å². The second-order valence-electron chi connectivity index (χ2n) is 4.20. The molecule has 0 unspecified atom stereocenters. The summed E-state index contributed by atoms with van der Waals surface area (Å²) in [5.74, 6) is 0.609. The number of benzene rings is 1. The standard InChI is InChI=1S/C11H16N4/c1-9(2)8-14(3)15-11-7-5-4-6-10(11)12-13-15/h4-7,9H,8H2,1-3H3. The van der Waals surface area contributed by atoms with E-state index in [4.69, 9.17) is 0 Å². The Kier molecular flexibility index (Phi) is 2.58. The quantitative estimate of drug-likeness (QED) is 0.762. The number of para-hydroxylation sites is 1. The van der Waals surface area contributed by atoms with E-state index >= 15 is 0 Å². The molecular formula is C11H16N4. The highest BCUT2D eigenvalue weighted by Gasteiger charge is 2.08. The van der Waals surface area contributed by atoms with E-state index in [1.165, 1.54) is 0 Å². The lowest BCUT2D eigenvalue weighted by molar-refractivity contribution is 0.509. The Bertz CT molecular complexity index is 447. The Morgan fingerprint density at radius 2 is 2.07 bits per heavy atom. The maximum absolute atomic E-state index is 4.14. The molecule has 4 nitrogen and oxygen atoms in total. The van der Waals surface area contributed by atoms with Gasteiger partial charge in [-0.3, -0.25) is 5.01 Å². The van der Waals surface area contributed by atoms with Gasteiger partial charge in [0.2, 0.25) is 0 Å². The third-order valence-electron chi connectivity index (χ3n) is 2.29. The van der Waals surface area contributed by atoms with Gasteiger partial charge in [0.1, 0.15) is 11.0 Å². The number of aromatic nitrogens is 3. The van der Waals surface area contributed by atoms with E-state index in [1.807, 2.05) is 36.1 Å². The van der Waals surface area contributed by atoms with Gasteiger partial charge in [0, 0.05) is 13.6 Å². The smallest absolute Gasteiger partial charge is 0.115 e. The molecule has 2 rings (SSSR count). The first-order valence-corrected chi connectivity index (χ1v) is 5.20. The minimum Gasteiger partial charge on any atom is -0.298 e. The van der Waals surface area contributed by atoms with Gasteiger partial charge in [0.25, 0.3) is 0 Å². The Hall–Kier alpha value is -1.58. The highest BCUT2D eigenvalue weighted by molar-refractivity contribution is 5.74. The molecule has 0 radical (unpaired) electrons. The van der Waals surface area contributed by atoms with Crippen LogP contribution < -0.4 is 5.01 Å². The molecule has 0 atom stereocenters. The highest BCUT2D eigenvalue weighted by atomic mass is 15.7. The van der Waals surface area contributed by atoms with Gasteiger partial charge in [-0.15, -0.1) is 5.10 Å². The number of rotatable bonds is 3. The van der Waals surface area contributed by atoms with Crippen LogP contribution in [0.2, 0.25) is 0 Å². The van der Waals surface area contributed by atoms with Gasteiger partial charge in [0.05, 0.1) is 0 Å². The normalized spacial score (nSPS) is 11.2. The van der Waals surface area contributed by atoms with Crippen LogP contribution in [0.3, 0.4) is 0 Å². The van der Waals surface area contributed by atoms with Gasteiger partial charge in [-0.2, -0.15) is 4.79 Å². The van der Waals surface area contributed by atoms with E-state index in [1.54, 1.807) is 0 Å². The second-order valence-corrected chi connectivity index (χ2v) is 4.20. The summed E-state index contributed by atoms with van der Waals surface area (Å²) in [7, 11) is 2.03. The summed E-state index contributed by atoms with van der Waals surface area (Å²) in [4.78, 5) is 1.86. The van der Waals surface area contributed by atoms with Crippen molar-refractivity contribution in [1.29, 1.82) is 0 Å². The molecule has 0 amide bonds. The molecule has 0 spiro atoms. The fraction of sp³-hybridized carbons (Fsp3) is 0.455. The van der Waals surface area contributed by atoms with E-state index in [-0.39, 0.29) is 0 Å². The molecular weight excluding hydrogens is 188 g/mol. The summed E-state index contributed by atoms with van der Waals surface area (Å²) in [6, 6.07) is 7.99. The molecule has 80 valence electrons. The molecule has 0 bridgehead atoms. The zero-order chi connectivity index (χ0) is 10.8. The number of hydrogen-bond acceptors (Lipinski definition) is 3. The maximum atomic E-state index is 4.14. The van der Waals surface area contributed by atoms with Crippen LogP contribution in [0, 0.1) is 5.92 Å². The van der Waals surface area contributed by atoms with Crippen LogP contribution in [0.5, 0.6) is 0 Å². The number of nitrogens with zero attached hydrogens (tertiary/aromatic N) is 4. The molecule has 4 heteroatoms. The first kappa shape index (κ1) is 9.96. The molecule has 1 aromatic heterocycles. The van der Waals surface area contributed by atoms with Crippen molar-refractivity contribution >= 4 is 11.0 Å². The van der Waals surface area contributed by atoms with Crippen molar-refractivity contribution in [2.75, 3.05) is 18.6 Å². The molecule has 0 saturated heterocycles. The summed E-state index contributed by atoms with van der Waals surface area (Å²) in [5, 5.41) is 10.3. The minimum atomic E-state index is 0.609. The van der Waals surface area contributed by atoms with Crippen LogP contribution in [0.4, 0.5) is 0 Å². The van der Waals surface area contributed by atoms with Crippen LogP contribution in [0.1, 0.15) is 13.8 Å². The first-order chi connectivity index (χ1) is 7.18. The topological polar surface area (TPSA) is 34.0 Å². The predicted molar refractivity (Wildman–Crippen MR) is 61.4 cm³/mol. The van der Waals surface area contributed by atoms with Gasteiger partial charge >= 0.3 is 0 Å². The lowest BCUT2D eigenvalue weighted by Crippen LogP contribution is -2.34. The molecule has 2 aromatic rings. The Balaban J connectivity index is 2.35.